The third kappa shape index (κ3) is 4.01. The predicted octanol–water partition coefficient (Wildman–Crippen LogP) is 1.81. The van der Waals surface area contributed by atoms with Gasteiger partial charge in [-0.15, -0.1) is 0 Å². The molecule has 12 heteroatoms. The SMILES string of the molecule is NC(N)=NCCC[C@H](NC(=O)c1cccc2c3c([nH]c12)[C@@H]1Oc2c(O)ccc4c2[C@@]12CCN(CC1CC1)[C@H](C4)[C@]2(O)C3)C(=O)O. The lowest BCUT2D eigenvalue weighted by Gasteiger charge is -2.62. The number of nitrogens with two attached hydrogens (primary N) is 2. The number of carboxylic acids is 1. The number of aliphatic imine (C=N–C) groups is 1. The van der Waals surface area contributed by atoms with Gasteiger partial charge in [0.2, 0.25) is 0 Å². The van der Waals surface area contributed by atoms with Crippen LogP contribution in [0.3, 0.4) is 0 Å². The maximum atomic E-state index is 13.6. The number of carbonyl (C=O) groups excluding carboxylic acids is 1. The number of likely N-dealkylation sites (tertiary alicyclic amines) is 1. The Bertz CT molecular complexity index is 1780. The first kappa shape index (κ1) is 28.2. The Morgan fingerprint density at radius 2 is 2.04 bits per heavy atom. The number of H-pyrrole nitrogens is 1. The number of aliphatic hydroxyl groups is 1. The highest BCUT2D eigenvalue weighted by molar-refractivity contribution is 6.08. The number of piperidine rings is 1. The van der Waals surface area contributed by atoms with Crippen LogP contribution in [0.25, 0.3) is 10.9 Å². The normalized spacial score (nSPS) is 28.1. The van der Waals surface area contributed by atoms with Gasteiger partial charge in [0.1, 0.15) is 6.04 Å². The van der Waals surface area contributed by atoms with Crippen molar-refractivity contribution in [3.63, 3.8) is 0 Å². The molecule has 0 radical (unpaired) electrons. The topological polar surface area (TPSA) is 200 Å². The molecule has 3 aliphatic carbocycles. The van der Waals surface area contributed by atoms with E-state index in [0.717, 1.165) is 40.9 Å². The number of amides is 1. The van der Waals surface area contributed by atoms with Crippen LogP contribution >= 0.6 is 0 Å². The number of phenols is 1. The fraction of sp³-hybridized carbons (Fsp3) is 0.485. The number of carbonyl (C=O) groups is 2. The number of carboxylic acid groups (broad SMARTS) is 1. The number of guanidine groups is 1. The minimum absolute atomic E-state index is 0.0658. The average Bonchev–Trinajstić information content (AvgIpc) is 3.64. The number of ether oxygens (including phenoxy) is 1. The molecular formula is C33H38N6O6. The fourth-order valence-electron chi connectivity index (χ4n) is 8.83. The standard InChI is InChI=1S/C33H38N6O6/c34-31(35)36-11-2-5-21(30(42)43)37-29(41)19-4-1-3-18-20-14-33(44)23-13-17-8-9-22(40)27-24(17)32(33,10-12-39(23)15-16-6-7-16)28(45-27)26(20)38-25(18)19/h1,3-4,8-9,16,21,23,28,38,40,44H,2,5-7,10-15H2,(H,37,41)(H,42,43)(H4,34,35,36)/t21-,23+,28-,32-,33+/m0/s1. The first-order valence-electron chi connectivity index (χ1n) is 15.8. The summed E-state index contributed by atoms with van der Waals surface area (Å²) >= 11 is 0. The summed E-state index contributed by atoms with van der Waals surface area (Å²) in [5.74, 6) is -0.558. The molecule has 45 heavy (non-hydrogen) atoms. The van der Waals surface area contributed by atoms with Gasteiger partial charge in [0, 0.05) is 36.5 Å². The first-order valence-corrected chi connectivity index (χ1v) is 15.8. The van der Waals surface area contributed by atoms with Crippen LogP contribution in [-0.4, -0.2) is 80.4 Å². The second kappa shape index (κ2) is 9.85. The van der Waals surface area contributed by atoms with E-state index in [4.69, 9.17) is 16.2 Å². The fourth-order valence-corrected chi connectivity index (χ4v) is 8.83. The van der Waals surface area contributed by atoms with E-state index >= 15 is 0 Å². The van der Waals surface area contributed by atoms with Gasteiger partial charge >= 0.3 is 5.97 Å². The highest BCUT2D eigenvalue weighted by Crippen LogP contribution is 2.69. The second-order valence-corrected chi connectivity index (χ2v) is 13.5. The Kier molecular flexibility index (Phi) is 6.18. The van der Waals surface area contributed by atoms with Crippen LogP contribution in [0.5, 0.6) is 11.5 Å². The number of nitrogens with zero attached hydrogens (tertiary/aromatic N) is 2. The van der Waals surface area contributed by atoms with E-state index in [-0.39, 0.29) is 30.7 Å². The monoisotopic (exact) mass is 614 g/mol. The number of hydrogen-bond donors (Lipinski definition) is 7. The van der Waals surface area contributed by atoms with Gasteiger partial charge < -0.3 is 41.8 Å². The van der Waals surface area contributed by atoms with Crippen molar-refractivity contribution in [2.24, 2.45) is 22.4 Å². The largest absolute Gasteiger partial charge is 0.504 e. The zero-order valence-corrected chi connectivity index (χ0v) is 24.9. The lowest BCUT2D eigenvalue weighted by Crippen LogP contribution is -2.74. The number of aromatic hydroxyl groups is 1. The molecule has 1 amide bonds. The van der Waals surface area contributed by atoms with Crippen LogP contribution in [0.2, 0.25) is 0 Å². The molecule has 2 aliphatic heterocycles. The molecule has 2 bridgehead atoms. The van der Waals surface area contributed by atoms with Crippen LogP contribution in [0.1, 0.15) is 71.0 Å². The number of para-hydroxylation sites is 1. The maximum Gasteiger partial charge on any atom is 0.326 e. The van der Waals surface area contributed by atoms with Crippen molar-refractivity contribution in [3.8, 4) is 11.5 Å². The van der Waals surface area contributed by atoms with E-state index in [1.54, 1.807) is 18.2 Å². The van der Waals surface area contributed by atoms with Crippen molar-refractivity contribution < 1.29 is 29.6 Å². The number of phenolic OH excluding ortho intramolecular Hbond substituents is 1. The number of nitrogens with one attached hydrogen (secondary N) is 2. The summed E-state index contributed by atoms with van der Waals surface area (Å²) in [7, 11) is 0. The van der Waals surface area contributed by atoms with E-state index in [0.29, 0.717) is 48.4 Å². The van der Waals surface area contributed by atoms with Crippen LogP contribution in [0.4, 0.5) is 0 Å². The molecule has 2 fully saturated rings. The zero-order valence-electron chi connectivity index (χ0n) is 24.9. The number of aromatic nitrogens is 1. The number of rotatable bonds is 9. The molecule has 5 atom stereocenters. The van der Waals surface area contributed by atoms with Crippen molar-refractivity contribution in [3.05, 3.63) is 58.3 Å². The molecule has 2 aromatic carbocycles. The van der Waals surface area contributed by atoms with Gasteiger partial charge in [-0.3, -0.25) is 14.7 Å². The van der Waals surface area contributed by atoms with E-state index in [9.17, 15) is 24.9 Å². The quantitative estimate of drug-likeness (QED) is 0.107. The number of aromatic amines is 1. The Morgan fingerprint density at radius 3 is 2.80 bits per heavy atom. The summed E-state index contributed by atoms with van der Waals surface area (Å²) in [6.07, 6.45) is 4.14. The Labute approximate surface area is 259 Å². The van der Waals surface area contributed by atoms with Gasteiger partial charge in [-0.1, -0.05) is 18.2 Å². The predicted molar refractivity (Wildman–Crippen MR) is 165 cm³/mol. The molecule has 3 heterocycles. The Balaban J connectivity index is 1.20. The highest BCUT2D eigenvalue weighted by Gasteiger charge is 2.73. The molecule has 236 valence electrons. The summed E-state index contributed by atoms with van der Waals surface area (Å²) in [6, 6.07) is 7.82. The molecule has 1 saturated carbocycles. The van der Waals surface area contributed by atoms with Gasteiger partial charge in [0.15, 0.2) is 23.6 Å². The molecule has 1 aromatic heterocycles. The second-order valence-electron chi connectivity index (χ2n) is 13.5. The molecule has 5 aliphatic rings. The maximum absolute atomic E-state index is 13.6. The van der Waals surface area contributed by atoms with Gasteiger partial charge in [0.25, 0.3) is 5.91 Å². The van der Waals surface area contributed by atoms with Crippen LogP contribution in [0, 0.1) is 5.92 Å². The minimum atomic E-state index is -1.15. The number of fused-ring (bicyclic) bond motifs is 4. The minimum Gasteiger partial charge on any atom is -0.504 e. The van der Waals surface area contributed by atoms with Gasteiger partial charge in [0.05, 0.1) is 27.8 Å². The third-order valence-electron chi connectivity index (χ3n) is 11.0. The van der Waals surface area contributed by atoms with Crippen molar-refractivity contribution in [1.29, 1.82) is 0 Å². The molecule has 9 N–H and O–H groups in total. The van der Waals surface area contributed by atoms with Crippen molar-refractivity contribution in [2.75, 3.05) is 19.6 Å². The van der Waals surface area contributed by atoms with E-state index in [1.807, 2.05) is 12.1 Å². The first-order chi connectivity index (χ1) is 21.6. The van der Waals surface area contributed by atoms with E-state index < -0.39 is 35.0 Å². The van der Waals surface area contributed by atoms with Crippen molar-refractivity contribution in [2.45, 2.75) is 74.1 Å². The Hall–Kier alpha value is -4.29. The molecular weight excluding hydrogens is 576 g/mol. The average molecular weight is 615 g/mol. The van der Waals surface area contributed by atoms with E-state index in [1.165, 1.54) is 12.8 Å². The van der Waals surface area contributed by atoms with Crippen molar-refractivity contribution in [1.82, 2.24) is 15.2 Å². The molecule has 3 aromatic rings. The smallest absolute Gasteiger partial charge is 0.326 e. The summed E-state index contributed by atoms with van der Waals surface area (Å²) in [4.78, 5) is 35.5. The van der Waals surface area contributed by atoms with Crippen LogP contribution in [0.15, 0.2) is 35.3 Å². The van der Waals surface area contributed by atoms with Crippen LogP contribution < -0.4 is 21.5 Å². The molecule has 1 saturated heterocycles. The van der Waals surface area contributed by atoms with Gasteiger partial charge in [-0.05, 0) is 74.2 Å². The zero-order chi connectivity index (χ0) is 31.2. The molecule has 8 rings (SSSR count). The summed E-state index contributed by atoms with van der Waals surface area (Å²) < 4.78 is 6.66. The number of aliphatic carboxylic acids is 1. The lowest BCUT2D eigenvalue weighted by molar-refractivity contribution is -0.173. The summed E-state index contributed by atoms with van der Waals surface area (Å²) in [5, 5.41) is 37.3. The Morgan fingerprint density at radius 1 is 1.22 bits per heavy atom. The van der Waals surface area contributed by atoms with E-state index in [2.05, 4.69) is 20.2 Å². The van der Waals surface area contributed by atoms with Gasteiger partial charge in [-0.2, -0.15) is 0 Å². The number of benzene rings is 2. The lowest BCUT2D eigenvalue weighted by atomic mass is 9.49. The highest BCUT2D eigenvalue weighted by atomic mass is 16.5. The third-order valence-corrected chi connectivity index (χ3v) is 11.0. The molecule has 1 spiro atoms. The van der Waals surface area contributed by atoms with Gasteiger partial charge in [-0.25, -0.2) is 4.79 Å². The molecule has 0 unspecified atom stereocenters. The molecule has 12 nitrogen and oxygen atoms in total. The number of hydrogen-bond acceptors (Lipinski definition) is 7. The van der Waals surface area contributed by atoms with Crippen LogP contribution in [-0.2, 0) is 23.1 Å². The summed E-state index contributed by atoms with van der Waals surface area (Å²) in [5.41, 5.74) is 13.4. The summed E-state index contributed by atoms with van der Waals surface area (Å²) in [6.45, 7) is 2.06. The van der Waals surface area contributed by atoms with Crippen molar-refractivity contribution >= 4 is 28.7 Å².